The van der Waals surface area contributed by atoms with Gasteiger partial charge in [-0.25, -0.2) is 0 Å². The van der Waals surface area contributed by atoms with Crippen LogP contribution < -0.4 is 10.5 Å². The zero-order valence-corrected chi connectivity index (χ0v) is 13.5. The summed E-state index contributed by atoms with van der Waals surface area (Å²) in [6, 6.07) is 0. The van der Waals surface area contributed by atoms with Gasteiger partial charge >= 0.3 is 0 Å². The molecular weight excluding hydrogens is 274 g/mol. The number of aromatic amines is 1. The number of nitrogens with one attached hydrogen (secondary N) is 2. The molecule has 0 amide bonds. The lowest BCUT2D eigenvalue weighted by atomic mass is 10.1. The van der Waals surface area contributed by atoms with E-state index < -0.39 is 0 Å². The molecule has 0 aromatic carbocycles. The van der Waals surface area contributed by atoms with Gasteiger partial charge in [-0.3, -0.25) is 4.79 Å². The summed E-state index contributed by atoms with van der Waals surface area (Å²) >= 11 is 1.47. The van der Waals surface area contributed by atoms with E-state index in [4.69, 9.17) is 0 Å². The first kappa shape index (κ1) is 17.0. The summed E-state index contributed by atoms with van der Waals surface area (Å²) in [6.07, 6.45) is 4.91. The van der Waals surface area contributed by atoms with E-state index in [0.29, 0.717) is 17.1 Å². The van der Waals surface area contributed by atoms with Crippen LogP contribution in [-0.2, 0) is 6.42 Å². The molecule has 3 N–H and O–H groups in total. The number of H-pyrrole nitrogens is 1. The molecule has 1 aromatic rings. The van der Waals surface area contributed by atoms with E-state index in [9.17, 15) is 9.90 Å². The Labute approximate surface area is 124 Å². The van der Waals surface area contributed by atoms with Gasteiger partial charge in [0, 0.05) is 0 Å². The molecule has 0 aliphatic carbocycles. The molecule has 20 heavy (non-hydrogen) atoms. The molecule has 1 aromatic heterocycles. The summed E-state index contributed by atoms with van der Waals surface area (Å²) in [5.74, 6) is 0.755. The highest BCUT2D eigenvalue weighted by molar-refractivity contribution is 7.99. The van der Waals surface area contributed by atoms with Crippen LogP contribution in [0.1, 0.15) is 38.2 Å². The van der Waals surface area contributed by atoms with Gasteiger partial charge in [-0.15, -0.1) is 0 Å². The molecule has 114 valence electrons. The molecule has 5 nitrogen and oxygen atoms in total. The summed E-state index contributed by atoms with van der Waals surface area (Å²) in [5.41, 5.74) is 0.220. The second kappa shape index (κ2) is 9.02. The van der Waals surface area contributed by atoms with E-state index in [2.05, 4.69) is 31.0 Å². The van der Waals surface area contributed by atoms with Crippen LogP contribution in [0, 0.1) is 0 Å². The number of nitrogens with zero attached hydrogens (tertiary/aromatic N) is 1. The second-order valence-electron chi connectivity index (χ2n) is 5.29. The van der Waals surface area contributed by atoms with Gasteiger partial charge in [0.25, 0.3) is 5.56 Å². The Morgan fingerprint density at radius 1 is 1.30 bits per heavy atom. The minimum Gasteiger partial charge on any atom is -0.493 e. The average Bonchev–Trinajstić information content (AvgIpc) is 2.36. The Balaban J connectivity index is 2.59. The number of unbranched alkanes of at least 4 members (excludes halogenated alkanes) is 3. The number of aromatic hydroxyl groups is 1. The number of aromatic nitrogens is 2. The van der Waals surface area contributed by atoms with Crippen LogP contribution in [0.25, 0.3) is 0 Å². The largest absolute Gasteiger partial charge is 0.493 e. The molecule has 0 fully saturated rings. The Bertz CT molecular complexity index is 460. The summed E-state index contributed by atoms with van der Waals surface area (Å²) in [4.78, 5) is 20.1. The first-order valence-electron chi connectivity index (χ1n) is 7.28. The normalized spacial score (nSPS) is 11.2. The number of rotatable bonds is 9. The minimum absolute atomic E-state index is 0.107. The molecule has 0 atom stereocenters. The minimum atomic E-state index is -0.200. The number of thioether (sulfide) groups is 1. The predicted molar refractivity (Wildman–Crippen MR) is 82.8 cm³/mol. The van der Waals surface area contributed by atoms with Crippen molar-refractivity contribution >= 4 is 11.8 Å². The lowest BCUT2D eigenvalue weighted by Crippen LogP contribution is -3.06. The van der Waals surface area contributed by atoms with Crippen molar-refractivity contribution in [3.8, 4) is 5.88 Å². The molecule has 0 saturated heterocycles. The molecule has 0 unspecified atom stereocenters. The van der Waals surface area contributed by atoms with E-state index >= 15 is 0 Å². The molecule has 0 bridgehead atoms. The predicted octanol–water partition coefficient (Wildman–Crippen LogP) is 0.835. The van der Waals surface area contributed by atoms with Crippen molar-refractivity contribution < 1.29 is 10.0 Å². The molecule has 0 saturated carbocycles. The summed E-state index contributed by atoms with van der Waals surface area (Å²) < 4.78 is 0. The van der Waals surface area contributed by atoms with E-state index in [-0.39, 0.29) is 11.4 Å². The fraction of sp³-hybridized carbons (Fsp3) is 0.714. The maximum Gasteiger partial charge on any atom is 0.258 e. The molecule has 1 rings (SSSR count). The highest BCUT2D eigenvalue weighted by Crippen LogP contribution is 2.17. The van der Waals surface area contributed by atoms with E-state index in [1.807, 2.05) is 0 Å². The standard InChI is InChI=1S/C14H25N3O2S/c1-4-5-6-7-8-11-12(18)15-14(16-13(11)19)20-10-9-17(2)3/h4-10H2,1-3H3,(H2,15,16,18,19)/p+1. The van der Waals surface area contributed by atoms with Crippen LogP contribution >= 0.6 is 11.8 Å². The molecule has 0 aliphatic heterocycles. The Morgan fingerprint density at radius 3 is 2.65 bits per heavy atom. The summed E-state index contributed by atoms with van der Waals surface area (Å²) in [5, 5.41) is 10.4. The Hall–Kier alpha value is -1.01. The van der Waals surface area contributed by atoms with Crippen molar-refractivity contribution in [1.29, 1.82) is 0 Å². The maximum absolute atomic E-state index is 11.9. The van der Waals surface area contributed by atoms with Crippen molar-refractivity contribution in [1.82, 2.24) is 9.97 Å². The third-order valence-corrected chi connectivity index (χ3v) is 3.97. The summed E-state index contributed by atoms with van der Waals surface area (Å²) in [7, 11) is 4.15. The van der Waals surface area contributed by atoms with Gasteiger partial charge in [0.05, 0.1) is 32.0 Å². The first-order valence-corrected chi connectivity index (χ1v) is 8.27. The van der Waals surface area contributed by atoms with Gasteiger partial charge in [0.15, 0.2) is 5.16 Å². The fourth-order valence-electron chi connectivity index (χ4n) is 1.84. The average molecular weight is 300 g/mol. The van der Waals surface area contributed by atoms with Crippen LogP contribution in [0.3, 0.4) is 0 Å². The van der Waals surface area contributed by atoms with Gasteiger partial charge in [-0.05, 0) is 12.8 Å². The molecular formula is C14H26N3O2S+. The van der Waals surface area contributed by atoms with Crippen molar-refractivity contribution in [2.24, 2.45) is 0 Å². The van der Waals surface area contributed by atoms with Crippen LogP contribution in [0.15, 0.2) is 9.95 Å². The highest BCUT2D eigenvalue weighted by atomic mass is 32.2. The van der Waals surface area contributed by atoms with Crippen LogP contribution in [-0.4, -0.2) is 41.5 Å². The third-order valence-electron chi connectivity index (χ3n) is 3.09. The Kier molecular flexibility index (Phi) is 7.69. The van der Waals surface area contributed by atoms with Crippen molar-refractivity contribution in [2.75, 3.05) is 26.4 Å². The SMILES string of the molecule is CCCCCCc1c(O)nc(SCC[NH+](C)C)[nH]c1=O. The fourth-order valence-corrected chi connectivity index (χ4v) is 2.86. The third kappa shape index (κ3) is 5.96. The molecule has 0 aliphatic rings. The zero-order valence-electron chi connectivity index (χ0n) is 12.7. The number of hydrogen-bond donors (Lipinski definition) is 3. The second-order valence-corrected chi connectivity index (χ2v) is 6.37. The van der Waals surface area contributed by atoms with Gasteiger partial charge < -0.3 is 15.0 Å². The Morgan fingerprint density at radius 2 is 2.05 bits per heavy atom. The van der Waals surface area contributed by atoms with Crippen molar-refractivity contribution in [3.05, 3.63) is 15.9 Å². The molecule has 0 spiro atoms. The maximum atomic E-state index is 11.9. The first-order chi connectivity index (χ1) is 9.54. The smallest absolute Gasteiger partial charge is 0.258 e. The molecule has 6 heteroatoms. The van der Waals surface area contributed by atoms with E-state index in [1.54, 1.807) is 0 Å². The molecule has 0 radical (unpaired) electrons. The quantitative estimate of drug-likeness (QED) is 0.359. The lowest BCUT2D eigenvalue weighted by Gasteiger charge is -2.07. The monoisotopic (exact) mass is 300 g/mol. The van der Waals surface area contributed by atoms with Crippen LogP contribution in [0.2, 0.25) is 0 Å². The zero-order chi connectivity index (χ0) is 15.0. The van der Waals surface area contributed by atoms with E-state index in [1.165, 1.54) is 16.7 Å². The van der Waals surface area contributed by atoms with Crippen molar-refractivity contribution in [3.63, 3.8) is 0 Å². The number of hydrogen-bond acceptors (Lipinski definition) is 4. The van der Waals surface area contributed by atoms with Crippen LogP contribution in [0.5, 0.6) is 5.88 Å². The van der Waals surface area contributed by atoms with Gasteiger partial charge in [0.1, 0.15) is 0 Å². The van der Waals surface area contributed by atoms with Gasteiger partial charge in [-0.2, -0.15) is 4.98 Å². The highest BCUT2D eigenvalue weighted by Gasteiger charge is 2.11. The molecule has 1 heterocycles. The topological polar surface area (TPSA) is 70.4 Å². The van der Waals surface area contributed by atoms with E-state index in [0.717, 1.165) is 38.0 Å². The van der Waals surface area contributed by atoms with Crippen molar-refractivity contribution in [2.45, 2.75) is 44.2 Å². The van der Waals surface area contributed by atoms with Gasteiger partial charge in [0.2, 0.25) is 5.88 Å². The van der Waals surface area contributed by atoms with Gasteiger partial charge in [-0.1, -0.05) is 37.9 Å². The lowest BCUT2D eigenvalue weighted by molar-refractivity contribution is -0.855. The van der Waals surface area contributed by atoms with Crippen LogP contribution in [0.4, 0.5) is 0 Å². The number of quaternary nitrogens is 1. The summed E-state index contributed by atoms with van der Waals surface area (Å²) in [6.45, 7) is 3.13.